The Kier molecular flexibility index (Phi) is 4.75. The average Bonchev–Trinajstić information content (AvgIpc) is 2.07. The third kappa shape index (κ3) is 2.94. The Labute approximate surface area is 111 Å². The summed E-state index contributed by atoms with van der Waals surface area (Å²) < 4.78 is 7.24. The second-order valence-corrected chi connectivity index (χ2v) is 7.08. The molecule has 0 N–H and O–H groups in total. The molecule has 0 bridgehead atoms. The quantitative estimate of drug-likeness (QED) is 0.591. The molecule has 0 radical (unpaired) electrons. The molecule has 0 aliphatic rings. The minimum atomic E-state index is 0.136. The van der Waals surface area contributed by atoms with Crippen LogP contribution in [-0.4, -0.2) is 7.11 Å². The molecule has 1 aromatic carbocycles. The van der Waals surface area contributed by atoms with Crippen molar-refractivity contribution < 1.29 is 4.74 Å². The molecule has 0 aliphatic carbocycles. The standard InChI is InChI=1S/C8H6Br4O/c1-13-7-3-5(9)4(8(11)12)2-6(7)10/h2-3,8H,1H3. The third-order valence-corrected chi connectivity index (χ3v) is 3.80. The molecule has 0 unspecified atom stereocenters. The molecule has 0 aliphatic heterocycles. The second kappa shape index (κ2) is 5.14. The molecule has 0 fully saturated rings. The Morgan fingerprint density at radius 3 is 2.23 bits per heavy atom. The lowest BCUT2D eigenvalue weighted by Crippen LogP contribution is -1.89. The molecule has 1 nitrogen and oxygen atoms in total. The monoisotopic (exact) mass is 434 g/mol. The van der Waals surface area contributed by atoms with Crippen LogP contribution in [0.4, 0.5) is 0 Å². The maximum absolute atomic E-state index is 5.15. The number of halogens is 4. The van der Waals surface area contributed by atoms with Gasteiger partial charge in [-0.05, 0) is 33.6 Å². The van der Waals surface area contributed by atoms with Crippen molar-refractivity contribution in [3.05, 3.63) is 26.6 Å². The number of benzene rings is 1. The van der Waals surface area contributed by atoms with E-state index >= 15 is 0 Å². The van der Waals surface area contributed by atoms with Crippen molar-refractivity contribution >= 4 is 63.7 Å². The van der Waals surface area contributed by atoms with E-state index in [4.69, 9.17) is 4.74 Å². The van der Waals surface area contributed by atoms with Gasteiger partial charge in [0.15, 0.2) is 0 Å². The van der Waals surface area contributed by atoms with Crippen LogP contribution in [0.2, 0.25) is 0 Å². The van der Waals surface area contributed by atoms with Crippen molar-refractivity contribution in [3.63, 3.8) is 0 Å². The molecule has 0 heterocycles. The van der Waals surface area contributed by atoms with Crippen molar-refractivity contribution in [2.45, 2.75) is 3.74 Å². The van der Waals surface area contributed by atoms with Gasteiger partial charge in [0.2, 0.25) is 0 Å². The predicted octanol–water partition coefficient (Wildman–Crippen LogP) is 5.01. The molecule has 0 saturated carbocycles. The molecule has 1 rings (SSSR count). The summed E-state index contributed by atoms with van der Waals surface area (Å²) in [5, 5.41) is 0. The van der Waals surface area contributed by atoms with E-state index in [9.17, 15) is 0 Å². The first kappa shape index (κ1) is 12.0. The van der Waals surface area contributed by atoms with Crippen molar-refractivity contribution in [2.24, 2.45) is 0 Å². The van der Waals surface area contributed by atoms with E-state index in [1.165, 1.54) is 0 Å². The zero-order valence-electron chi connectivity index (χ0n) is 6.65. The van der Waals surface area contributed by atoms with Gasteiger partial charge in [-0.1, -0.05) is 47.8 Å². The Morgan fingerprint density at radius 1 is 1.15 bits per heavy atom. The van der Waals surface area contributed by atoms with Gasteiger partial charge >= 0.3 is 0 Å². The second-order valence-electron chi connectivity index (χ2n) is 2.31. The summed E-state index contributed by atoms with van der Waals surface area (Å²) >= 11 is 13.8. The molecular weight excluding hydrogens is 432 g/mol. The van der Waals surface area contributed by atoms with Gasteiger partial charge in [0.25, 0.3) is 0 Å². The fourth-order valence-corrected chi connectivity index (χ4v) is 3.31. The molecule has 0 saturated heterocycles. The smallest absolute Gasteiger partial charge is 0.134 e. The molecule has 13 heavy (non-hydrogen) atoms. The van der Waals surface area contributed by atoms with Crippen LogP contribution in [-0.2, 0) is 0 Å². The van der Waals surface area contributed by atoms with E-state index in [1.807, 2.05) is 12.1 Å². The summed E-state index contributed by atoms with van der Waals surface area (Å²) in [5.41, 5.74) is 1.12. The third-order valence-electron chi connectivity index (χ3n) is 1.51. The Hall–Kier alpha value is 0.940. The summed E-state index contributed by atoms with van der Waals surface area (Å²) in [4.78, 5) is 0. The number of hydrogen-bond acceptors (Lipinski definition) is 1. The first-order chi connectivity index (χ1) is 6.06. The van der Waals surface area contributed by atoms with Crippen LogP contribution in [0.5, 0.6) is 5.75 Å². The van der Waals surface area contributed by atoms with E-state index in [0.717, 1.165) is 20.3 Å². The van der Waals surface area contributed by atoms with Crippen LogP contribution in [0.15, 0.2) is 21.1 Å². The maximum atomic E-state index is 5.15. The molecule has 1 aromatic rings. The highest BCUT2D eigenvalue weighted by Gasteiger charge is 2.11. The van der Waals surface area contributed by atoms with E-state index in [0.29, 0.717) is 0 Å². The van der Waals surface area contributed by atoms with Crippen molar-refractivity contribution in [1.29, 1.82) is 0 Å². The van der Waals surface area contributed by atoms with Crippen LogP contribution in [0, 0.1) is 0 Å². The van der Waals surface area contributed by atoms with Crippen LogP contribution >= 0.6 is 63.7 Å². The number of rotatable bonds is 2. The lowest BCUT2D eigenvalue weighted by atomic mass is 10.2. The van der Waals surface area contributed by atoms with Gasteiger partial charge in [-0.3, -0.25) is 0 Å². The summed E-state index contributed by atoms with van der Waals surface area (Å²) in [6.45, 7) is 0. The summed E-state index contributed by atoms with van der Waals surface area (Å²) in [6.07, 6.45) is 0. The highest BCUT2D eigenvalue weighted by Crippen LogP contribution is 2.39. The topological polar surface area (TPSA) is 9.23 Å². The molecule has 72 valence electrons. The number of methoxy groups -OCH3 is 1. The number of ether oxygens (including phenoxy) is 1. The van der Waals surface area contributed by atoms with Crippen LogP contribution in [0.1, 0.15) is 9.30 Å². The zero-order chi connectivity index (χ0) is 10.0. The minimum Gasteiger partial charge on any atom is -0.496 e. The Balaban J connectivity index is 3.20. The number of hydrogen-bond donors (Lipinski definition) is 0. The summed E-state index contributed by atoms with van der Waals surface area (Å²) in [6, 6.07) is 3.92. The summed E-state index contributed by atoms with van der Waals surface area (Å²) in [7, 11) is 1.64. The largest absolute Gasteiger partial charge is 0.496 e. The maximum Gasteiger partial charge on any atom is 0.134 e. The lowest BCUT2D eigenvalue weighted by molar-refractivity contribution is 0.411. The predicted molar refractivity (Wildman–Crippen MR) is 69.0 cm³/mol. The summed E-state index contributed by atoms with van der Waals surface area (Å²) in [5.74, 6) is 0.816. The van der Waals surface area contributed by atoms with Gasteiger partial charge < -0.3 is 4.74 Å². The van der Waals surface area contributed by atoms with Crippen LogP contribution < -0.4 is 4.74 Å². The van der Waals surface area contributed by atoms with Gasteiger partial charge in [-0.25, -0.2) is 0 Å². The molecule has 0 amide bonds. The van der Waals surface area contributed by atoms with Gasteiger partial charge in [-0.2, -0.15) is 0 Å². The highest BCUT2D eigenvalue weighted by molar-refractivity contribution is 9.24. The highest BCUT2D eigenvalue weighted by atomic mass is 79.9. The fraction of sp³-hybridized carbons (Fsp3) is 0.250. The van der Waals surface area contributed by atoms with Gasteiger partial charge in [0, 0.05) is 4.47 Å². The first-order valence-corrected chi connectivity index (χ1v) is 6.79. The fourth-order valence-electron chi connectivity index (χ4n) is 0.868. The van der Waals surface area contributed by atoms with Crippen LogP contribution in [0.25, 0.3) is 0 Å². The van der Waals surface area contributed by atoms with E-state index < -0.39 is 0 Å². The zero-order valence-corrected chi connectivity index (χ0v) is 13.0. The normalized spacial score (nSPS) is 10.6. The Morgan fingerprint density at radius 2 is 1.77 bits per heavy atom. The van der Waals surface area contributed by atoms with Crippen LogP contribution in [0.3, 0.4) is 0 Å². The molecular formula is C8H6Br4O. The van der Waals surface area contributed by atoms with Crippen molar-refractivity contribution in [2.75, 3.05) is 7.11 Å². The average molecular weight is 438 g/mol. The molecule has 0 atom stereocenters. The minimum absolute atomic E-state index is 0.136. The van der Waals surface area contributed by atoms with Crippen molar-refractivity contribution in [1.82, 2.24) is 0 Å². The van der Waals surface area contributed by atoms with Gasteiger partial charge in [0.05, 0.1) is 15.3 Å². The molecule has 5 heteroatoms. The Bertz CT molecular complexity index is 311. The molecule has 0 aromatic heterocycles. The van der Waals surface area contributed by atoms with E-state index in [-0.39, 0.29) is 3.74 Å². The van der Waals surface area contributed by atoms with E-state index in [1.54, 1.807) is 7.11 Å². The van der Waals surface area contributed by atoms with Crippen molar-refractivity contribution in [3.8, 4) is 5.75 Å². The van der Waals surface area contributed by atoms with E-state index in [2.05, 4.69) is 63.7 Å². The lowest BCUT2D eigenvalue weighted by Gasteiger charge is -2.09. The van der Waals surface area contributed by atoms with Gasteiger partial charge in [0.1, 0.15) is 5.75 Å². The van der Waals surface area contributed by atoms with Gasteiger partial charge in [-0.15, -0.1) is 0 Å². The molecule has 0 spiro atoms. The SMILES string of the molecule is COc1cc(Br)c(C(Br)Br)cc1Br. The first-order valence-electron chi connectivity index (χ1n) is 3.37. The number of alkyl halides is 2.